The van der Waals surface area contributed by atoms with Crippen molar-refractivity contribution < 1.29 is 4.79 Å². The van der Waals surface area contributed by atoms with E-state index in [0.29, 0.717) is 17.7 Å². The molecule has 4 rings (SSSR count). The van der Waals surface area contributed by atoms with Gasteiger partial charge in [-0.05, 0) is 67.1 Å². The Hall–Kier alpha value is -3.13. The summed E-state index contributed by atoms with van der Waals surface area (Å²) < 4.78 is 0. The van der Waals surface area contributed by atoms with Crippen molar-refractivity contribution in [2.45, 2.75) is 31.7 Å². The van der Waals surface area contributed by atoms with Crippen molar-refractivity contribution in [3.63, 3.8) is 0 Å². The zero-order chi connectivity index (χ0) is 23.8. The van der Waals surface area contributed by atoms with E-state index in [0.717, 1.165) is 50.3 Å². The van der Waals surface area contributed by atoms with Crippen molar-refractivity contribution in [1.29, 1.82) is 5.26 Å². The highest BCUT2D eigenvalue weighted by molar-refractivity contribution is 6.30. The molecule has 1 fully saturated rings. The lowest BCUT2D eigenvalue weighted by Gasteiger charge is -2.39. The van der Waals surface area contributed by atoms with Crippen LogP contribution in [0.3, 0.4) is 0 Å². The van der Waals surface area contributed by atoms with Gasteiger partial charge in [-0.3, -0.25) is 4.79 Å². The molecule has 0 saturated carbocycles. The maximum absolute atomic E-state index is 13.5. The monoisotopic (exact) mass is 471 g/mol. The van der Waals surface area contributed by atoms with Crippen LogP contribution in [0.4, 0.5) is 0 Å². The summed E-state index contributed by atoms with van der Waals surface area (Å²) in [5.74, 6) is 0.0210. The van der Waals surface area contributed by atoms with Crippen LogP contribution < -0.4 is 0 Å². The quantitative estimate of drug-likeness (QED) is 0.429. The van der Waals surface area contributed by atoms with Crippen LogP contribution in [-0.2, 0) is 12.8 Å². The molecular formula is C29H30ClN3O. The largest absolute Gasteiger partial charge is 0.335 e. The molecule has 0 aliphatic carbocycles. The summed E-state index contributed by atoms with van der Waals surface area (Å²) in [7, 11) is 0. The Morgan fingerprint density at radius 3 is 2.35 bits per heavy atom. The highest BCUT2D eigenvalue weighted by Crippen LogP contribution is 2.21. The molecule has 1 amide bonds. The van der Waals surface area contributed by atoms with Gasteiger partial charge < -0.3 is 9.80 Å². The molecule has 0 radical (unpaired) electrons. The van der Waals surface area contributed by atoms with Gasteiger partial charge in [-0.15, -0.1) is 0 Å². The second kappa shape index (κ2) is 11.8. The van der Waals surface area contributed by atoms with Crippen molar-refractivity contribution in [2.24, 2.45) is 0 Å². The molecule has 3 aromatic carbocycles. The maximum Gasteiger partial charge on any atom is 0.254 e. The molecule has 1 aliphatic heterocycles. The molecule has 1 heterocycles. The number of hydrogen-bond donors (Lipinski definition) is 0. The number of hydrogen-bond acceptors (Lipinski definition) is 3. The molecule has 0 N–H and O–H groups in total. The minimum atomic E-state index is 0.0210. The Bertz CT molecular complexity index is 1120. The van der Waals surface area contributed by atoms with Crippen LogP contribution in [0.15, 0.2) is 78.9 Å². The summed E-state index contributed by atoms with van der Waals surface area (Å²) in [6, 6.07) is 27.8. The summed E-state index contributed by atoms with van der Waals surface area (Å²) in [4.78, 5) is 18.1. The van der Waals surface area contributed by atoms with Crippen LogP contribution in [0.25, 0.3) is 0 Å². The van der Waals surface area contributed by atoms with Gasteiger partial charge in [0.1, 0.15) is 0 Å². The predicted molar refractivity (Wildman–Crippen MR) is 137 cm³/mol. The summed E-state index contributed by atoms with van der Waals surface area (Å²) in [6.45, 7) is 3.64. The molecule has 1 saturated heterocycles. The third-order valence-corrected chi connectivity index (χ3v) is 6.86. The van der Waals surface area contributed by atoms with E-state index in [9.17, 15) is 10.1 Å². The Morgan fingerprint density at radius 2 is 1.65 bits per heavy atom. The van der Waals surface area contributed by atoms with Gasteiger partial charge in [0.15, 0.2) is 0 Å². The molecule has 0 spiro atoms. The first kappa shape index (κ1) is 24.0. The standard InChI is InChI=1S/C29H30ClN3O/c30-27-11-9-24(10-12-27)13-17-32-18-15-28(16-19-32)33(20-14-23-5-2-1-3-6-23)29(34)26-8-4-7-25(21-26)22-31/h1-12,21,28H,13-20H2. The molecule has 4 nitrogen and oxygen atoms in total. The number of nitrogens with zero attached hydrogens (tertiary/aromatic N) is 3. The summed E-state index contributed by atoms with van der Waals surface area (Å²) in [6.07, 6.45) is 3.74. The SMILES string of the molecule is N#Cc1cccc(C(=O)N(CCc2ccccc2)C2CCN(CCc3ccc(Cl)cc3)CC2)c1. The Morgan fingerprint density at radius 1 is 0.941 bits per heavy atom. The topological polar surface area (TPSA) is 47.3 Å². The number of piperidine rings is 1. The van der Waals surface area contributed by atoms with Gasteiger partial charge in [-0.2, -0.15) is 5.26 Å². The van der Waals surface area contributed by atoms with Crippen LogP contribution in [0, 0.1) is 11.3 Å². The number of carbonyl (C=O) groups is 1. The second-order valence-electron chi connectivity index (χ2n) is 8.88. The highest BCUT2D eigenvalue weighted by Gasteiger charge is 2.28. The number of halogens is 1. The average Bonchev–Trinajstić information content (AvgIpc) is 2.89. The lowest BCUT2D eigenvalue weighted by molar-refractivity contribution is 0.0576. The average molecular weight is 472 g/mol. The van der Waals surface area contributed by atoms with E-state index < -0.39 is 0 Å². The van der Waals surface area contributed by atoms with Gasteiger partial charge in [0.25, 0.3) is 5.91 Å². The number of likely N-dealkylation sites (tertiary alicyclic amines) is 1. The van der Waals surface area contributed by atoms with E-state index >= 15 is 0 Å². The maximum atomic E-state index is 13.5. The minimum Gasteiger partial charge on any atom is -0.335 e. The summed E-state index contributed by atoms with van der Waals surface area (Å²) in [5.41, 5.74) is 3.64. The Balaban J connectivity index is 1.40. The van der Waals surface area contributed by atoms with Crippen molar-refractivity contribution >= 4 is 17.5 Å². The van der Waals surface area contributed by atoms with E-state index in [4.69, 9.17) is 11.6 Å². The second-order valence-corrected chi connectivity index (χ2v) is 9.31. The van der Waals surface area contributed by atoms with Crippen LogP contribution in [0.2, 0.25) is 5.02 Å². The van der Waals surface area contributed by atoms with Crippen molar-refractivity contribution in [3.8, 4) is 6.07 Å². The summed E-state index contributed by atoms with van der Waals surface area (Å²) >= 11 is 6.00. The third kappa shape index (κ3) is 6.47. The third-order valence-electron chi connectivity index (χ3n) is 6.61. The van der Waals surface area contributed by atoms with Gasteiger partial charge >= 0.3 is 0 Å². The minimum absolute atomic E-state index is 0.0210. The van der Waals surface area contributed by atoms with Crippen molar-refractivity contribution in [3.05, 3.63) is 106 Å². The molecule has 0 aromatic heterocycles. The molecule has 1 aliphatic rings. The molecular weight excluding hydrogens is 442 g/mol. The van der Waals surface area contributed by atoms with E-state index in [1.165, 1.54) is 11.1 Å². The molecule has 0 unspecified atom stereocenters. The fourth-order valence-corrected chi connectivity index (χ4v) is 4.75. The smallest absolute Gasteiger partial charge is 0.254 e. The predicted octanol–water partition coefficient (Wildman–Crippen LogP) is 5.60. The molecule has 0 bridgehead atoms. The number of nitriles is 1. The number of amides is 1. The molecule has 3 aromatic rings. The van der Waals surface area contributed by atoms with E-state index in [-0.39, 0.29) is 11.9 Å². The van der Waals surface area contributed by atoms with E-state index in [2.05, 4.69) is 35.2 Å². The lowest BCUT2D eigenvalue weighted by atomic mass is 9.99. The van der Waals surface area contributed by atoms with Crippen LogP contribution >= 0.6 is 11.6 Å². The highest BCUT2D eigenvalue weighted by atomic mass is 35.5. The first-order chi connectivity index (χ1) is 16.6. The number of rotatable bonds is 8. The van der Waals surface area contributed by atoms with Gasteiger partial charge in [0, 0.05) is 42.8 Å². The van der Waals surface area contributed by atoms with Crippen LogP contribution in [-0.4, -0.2) is 47.9 Å². The zero-order valence-electron chi connectivity index (χ0n) is 19.4. The van der Waals surface area contributed by atoms with Crippen LogP contribution in [0.1, 0.15) is 39.9 Å². The number of benzene rings is 3. The molecule has 34 heavy (non-hydrogen) atoms. The van der Waals surface area contributed by atoms with Crippen molar-refractivity contribution in [2.75, 3.05) is 26.2 Å². The van der Waals surface area contributed by atoms with E-state index in [1.54, 1.807) is 18.2 Å². The summed E-state index contributed by atoms with van der Waals surface area (Å²) in [5, 5.41) is 10.0. The molecule has 174 valence electrons. The Labute approximate surface area is 207 Å². The molecule has 5 heteroatoms. The zero-order valence-corrected chi connectivity index (χ0v) is 20.1. The first-order valence-electron chi connectivity index (χ1n) is 11.9. The Kier molecular flexibility index (Phi) is 8.36. The van der Waals surface area contributed by atoms with Gasteiger partial charge in [0.05, 0.1) is 11.6 Å². The van der Waals surface area contributed by atoms with Crippen LogP contribution in [0.5, 0.6) is 0 Å². The first-order valence-corrected chi connectivity index (χ1v) is 12.3. The van der Waals surface area contributed by atoms with E-state index in [1.807, 2.05) is 41.3 Å². The lowest BCUT2D eigenvalue weighted by Crippen LogP contribution is -2.48. The number of carbonyl (C=O) groups excluding carboxylic acids is 1. The van der Waals surface area contributed by atoms with Gasteiger partial charge in [0.2, 0.25) is 0 Å². The van der Waals surface area contributed by atoms with Crippen molar-refractivity contribution in [1.82, 2.24) is 9.80 Å². The normalized spacial score (nSPS) is 14.5. The van der Waals surface area contributed by atoms with Gasteiger partial charge in [-0.25, -0.2) is 0 Å². The fourth-order valence-electron chi connectivity index (χ4n) is 4.62. The molecule has 0 atom stereocenters. The fraction of sp³-hybridized carbons (Fsp3) is 0.310. The van der Waals surface area contributed by atoms with Gasteiger partial charge in [-0.1, -0.05) is 60.1 Å².